The summed E-state index contributed by atoms with van der Waals surface area (Å²) in [5, 5.41) is 31.0. The Hall–Kier alpha value is -2.57. The summed E-state index contributed by atoms with van der Waals surface area (Å²) in [5.41, 5.74) is 0.223. The number of rotatable bonds is 4. The Morgan fingerprint density at radius 1 is 1.33 bits per heavy atom. The van der Waals surface area contributed by atoms with Gasteiger partial charge in [0.2, 0.25) is 11.7 Å². The molecule has 0 unspecified atom stereocenters. The summed E-state index contributed by atoms with van der Waals surface area (Å²) in [6.07, 6.45) is -0.00440. The third kappa shape index (κ3) is 2.57. The van der Waals surface area contributed by atoms with Crippen LogP contribution in [0.5, 0.6) is 11.5 Å². The summed E-state index contributed by atoms with van der Waals surface area (Å²) in [7, 11) is 0. The molecule has 0 radical (unpaired) electrons. The molecule has 0 atom stereocenters. The maximum Gasteiger partial charge on any atom is 0.303 e. The van der Waals surface area contributed by atoms with Crippen LogP contribution in [0.25, 0.3) is 11.4 Å². The Morgan fingerprint density at radius 3 is 2.83 bits per heavy atom. The predicted molar refractivity (Wildman–Crippen MR) is 59.0 cm³/mol. The number of carbonyl (C=O) groups is 1. The Balaban J connectivity index is 2.23. The molecule has 1 aromatic carbocycles. The van der Waals surface area contributed by atoms with Gasteiger partial charge in [0.15, 0.2) is 0 Å². The zero-order chi connectivity index (χ0) is 13.1. The molecule has 7 heteroatoms. The van der Waals surface area contributed by atoms with Crippen molar-refractivity contribution in [3.05, 3.63) is 24.1 Å². The lowest BCUT2D eigenvalue weighted by Gasteiger charge is -1.99. The number of hydrogen-bond acceptors (Lipinski definition) is 6. The lowest BCUT2D eigenvalue weighted by molar-refractivity contribution is -0.137. The van der Waals surface area contributed by atoms with Crippen molar-refractivity contribution in [1.82, 2.24) is 10.1 Å². The second-order valence-electron chi connectivity index (χ2n) is 3.61. The van der Waals surface area contributed by atoms with Gasteiger partial charge in [-0.15, -0.1) is 0 Å². The van der Waals surface area contributed by atoms with E-state index in [-0.39, 0.29) is 41.6 Å². The van der Waals surface area contributed by atoms with Crippen LogP contribution in [0, 0.1) is 0 Å². The molecule has 94 valence electrons. The molecule has 0 spiro atoms. The fourth-order valence-corrected chi connectivity index (χ4v) is 1.38. The van der Waals surface area contributed by atoms with E-state index >= 15 is 0 Å². The van der Waals surface area contributed by atoms with Gasteiger partial charge < -0.3 is 19.8 Å². The standard InChI is InChI=1S/C11H10N2O5/c14-6-1-2-8(15)7(5-6)11-12-9(18-13-11)3-4-10(16)17/h1-2,5,14-15H,3-4H2,(H,16,17). The molecule has 0 aliphatic carbocycles. The number of nitrogens with zero attached hydrogens (tertiary/aromatic N) is 2. The second-order valence-corrected chi connectivity index (χ2v) is 3.61. The summed E-state index contributed by atoms with van der Waals surface area (Å²) in [5.74, 6) is -0.841. The zero-order valence-electron chi connectivity index (χ0n) is 9.20. The van der Waals surface area contributed by atoms with Gasteiger partial charge >= 0.3 is 5.97 Å². The van der Waals surface area contributed by atoms with E-state index in [2.05, 4.69) is 10.1 Å². The van der Waals surface area contributed by atoms with Crippen molar-refractivity contribution in [1.29, 1.82) is 0 Å². The largest absolute Gasteiger partial charge is 0.508 e. The first-order valence-electron chi connectivity index (χ1n) is 5.13. The van der Waals surface area contributed by atoms with E-state index in [1.165, 1.54) is 18.2 Å². The number of hydrogen-bond donors (Lipinski definition) is 3. The van der Waals surface area contributed by atoms with Crippen LogP contribution in [0.3, 0.4) is 0 Å². The van der Waals surface area contributed by atoms with Crippen LogP contribution in [0.4, 0.5) is 0 Å². The van der Waals surface area contributed by atoms with Crippen molar-refractivity contribution in [3.8, 4) is 22.9 Å². The average molecular weight is 250 g/mol. The average Bonchev–Trinajstić information content (AvgIpc) is 2.78. The molecule has 0 bridgehead atoms. The first-order chi connectivity index (χ1) is 8.56. The summed E-state index contributed by atoms with van der Waals surface area (Å²) >= 11 is 0. The lowest BCUT2D eigenvalue weighted by atomic mass is 10.2. The maximum atomic E-state index is 10.4. The molecule has 0 aliphatic heterocycles. The molecule has 18 heavy (non-hydrogen) atoms. The molecule has 2 aromatic rings. The molecule has 0 fully saturated rings. The van der Waals surface area contributed by atoms with E-state index in [0.717, 1.165) is 0 Å². The summed E-state index contributed by atoms with van der Waals surface area (Å²) < 4.78 is 4.85. The number of carboxylic acid groups (broad SMARTS) is 1. The minimum Gasteiger partial charge on any atom is -0.508 e. The van der Waals surface area contributed by atoms with Crippen LogP contribution in [0.1, 0.15) is 12.3 Å². The molecule has 0 saturated carbocycles. The monoisotopic (exact) mass is 250 g/mol. The van der Waals surface area contributed by atoms with Crippen molar-refractivity contribution in [2.24, 2.45) is 0 Å². The van der Waals surface area contributed by atoms with Gasteiger partial charge in [-0.05, 0) is 18.2 Å². The van der Waals surface area contributed by atoms with Crippen LogP contribution < -0.4 is 0 Å². The van der Waals surface area contributed by atoms with Gasteiger partial charge in [0, 0.05) is 6.42 Å². The maximum absolute atomic E-state index is 10.4. The molecular formula is C11H10N2O5. The molecule has 0 aliphatic rings. The third-order valence-electron chi connectivity index (χ3n) is 2.24. The first kappa shape index (κ1) is 11.9. The first-order valence-corrected chi connectivity index (χ1v) is 5.13. The lowest BCUT2D eigenvalue weighted by Crippen LogP contribution is -1.97. The molecule has 3 N–H and O–H groups in total. The molecule has 2 rings (SSSR count). The molecular weight excluding hydrogens is 240 g/mol. The fourth-order valence-electron chi connectivity index (χ4n) is 1.38. The van der Waals surface area contributed by atoms with Gasteiger partial charge in [0.25, 0.3) is 0 Å². The summed E-state index contributed by atoms with van der Waals surface area (Å²) in [6.45, 7) is 0. The van der Waals surface area contributed by atoms with Crippen LogP contribution in [-0.4, -0.2) is 31.4 Å². The Kier molecular flexibility index (Phi) is 3.13. The van der Waals surface area contributed by atoms with E-state index in [1.807, 2.05) is 0 Å². The Morgan fingerprint density at radius 2 is 2.11 bits per heavy atom. The van der Waals surface area contributed by atoms with E-state index in [0.29, 0.717) is 0 Å². The van der Waals surface area contributed by atoms with E-state index in [4.69, 9.17) is 9.63 Å². The predicted octanol–water partition coefficient (Wildman–Crippen LogP) is 1.17. The van der Waals surface area contributed by atoms with Gasteiger partial charge in [0.1, 0.15) is 11.5 Å². The van der Waals surface area contributed by atoms with Gasteiger partial charge in [-0.1, -0.05) is 5.16 Å². The second kappa shape index (κ2) is 4.74. The number of phenols is 2. The number of carboxylic acids is 1. The molecule has 0 amide bonds. The van der Waals surface area contributed by atoms with E-state index in [9.17, 15) is 15.0 Å². The van der Waals surface area contributed by atoms with Gasteiger partial charge in [-0.3, -0.25) is 4.79 Å². The third-order valence-corrected chi connectivity index (χ3v) is 2.24. The fraction of sp³-hybridized carbons (Fsp3) is 0.182. The molecule has 1 aromatic heterocycles. The zero-order valence-corrected chi connectivity index (χ0v) is 9.20. The van der Waals surface area contributed by atoms with Gasteiger partial charge in [-0.25, -0.2) is 0 Å². The van der Waals surface area contributed by atoms with Gasteiger partial charge in [-0.2, -0.15) is 4.98 Å². The minimum atomic E-state index is -0.963. The van der Waals surface area contributed by atoms with Crippen molar-refractivity contribution in [2.75, 3.05) is 0 Å². The number of aryl methyl sites for hydroxylation is 1. The smallest absolute Gasteiger partial charge is 0.303 e. The number of aromatic hydroxyl groups is 2. The summed E-state index contributed by atoms with van der Waals surface area (Å²) in [6, 6.07) is 3.92. The molecule has 7 nitrogen and oxygen atoms in total. The SMILES string of the molecule is O=C(O)CCc1nc(-c2cc(O)ccc2O)no1. The van der Waals surface area contributed by atoms with Crippen molar-refractivity contribution in [2.45, 2.75) is 12.8 Å². The van der Waals surface area contributed by atoms with Crippen LogP contribution >= 0.6 is 0 Å². The number of benzene rings is 1. The molecule has 1 heterocycles. The topological polar surface area (TPSA) is 117 Å². The van der Waals surface area contributed by atoms with Gasteiger partial charge in [0.05, 0.1) is 12.0 Å². The Labute approximate surface area is 101 Å². The quantitative estimate of drug-likeness (QED) is 0.697. The van der Waals surface area contributed by atoms with E-state index < -0.39 is 5.97 Å². The Bertz CT molecular complexity index is 579. The summed E-state index contributed by atoms with van der Waals surface area (Å²) in [4.78, 5) is 14.3. The normalized spacial score (nSPS) is 10.4. The number of aromatic nitrogens is 2. The van der Waals surface area contributed by atoms with Crippen LogP contribution in [0.15, 0.2) is 22.7 Å². The molecule has 0 saturated heterocycles. The van der Waals surface area contributed by atoms with Crippen LogP contribution in [-0.2, 0) is 11.2 Å². The highest BCUT2D eigenvalue weighted by Crippen LogP contribution is 2.30. The van der Waals surface area contributed by atoms with Crippen molar-refractivity contribution in [3.63, 3.8) is 0 Å². The number of phenolic OH excluding ortho intramolecular Hbond substituents is 2. The highest BCUT2D eigenvalue weighted by molar-refractivity contribution is 5.67. The van der Waals surface area contributed by atoms with Crippen LogP contribution in [0.2, 0.25) is 0 Å². The van der Waals surface area contributed by atoms with Crippen molar-refractivity contribution >= 4 is 5.97 Å². The van der Waals surface area contributed by atoms with E-state index in [1.54, 1.807) is 0 Å². The highest BCUT2D eigenvalue weighted by atomic mass is 16.5. The number of aliphatic carboxylic acids is 1. The highest BCUT2D eigenvalue weighted by Gasteiger charge is 2.13. The minimum absolute atomic E-state index is 0.0420. The van der Waals surface area contributed by atoms with Crippen molar-refractivity contribution < 1.29 is 24.6 Å².